The fourth-order valence-electron chi connectivity index (χ4n) is 4.72. The summed E-state index contributed by atoms with van der Waals surface area (Å²) in [6.45, 7) is 2.45. The maximum atomic E-state index is 12.9. The van der Waals surface area contributed by atoms with Crippen LogP contribution in [0.25, 0.3) is 22.4 Å². The smallest absolute Gasteiger partial charge is 0.289 e. The Morgan fingerprint density at radius 3 is 2.22 bits per heavy atom. The maximum absolute atomic E-state index is 12.9. The lowest BCUT2D eigenvalue weighted by molar-refractivity contribution is -0.181. The number of thioether (sulfide) groups is 1. The van der Waals surface area contributed by atoms with E-state index >= 15 is 0 Å². The Kier molecular flexibility index (Phi) is 6.78. The normalized spacial score (nSPS) is 16.8. The largest absolute Gasteiger partial charge is 0.455 e. The molecule has 1 spiro atoms. The van der Waals surface area contributed by atoms with Crippen LogP contribution in [0.4, 0.5) is 0 Å². The van der Waals surface area contributed by atoms with Gasteiger partial charge in [-0.25, -0.2) is 0 Å². The molecule has 2 aliphatic rings. The number of carbonyl (C=O) groups is 1. The predicted octanol–water partition coefficient (Wildman–Crippen LogP) is 5.68. The Hall–Kier alpha value is -3.46. The highest BCUT2D eigenvalue weighted by molar-refractivity contribution is 7.98. The second kappa shape index (κ2) is 10.5. The van der Waals surface area contributed by atoms with Gasteiger partial charge in [0, 0.05) is 31.5 Å². The Labute approximate surface area is 219 Å². The van der Waals surface area contributed by atoms with Gasteiger partial charge in [0.1, 0.15) is 10.8 Å². The van der Waals surface area contributed by atoms with Crippen molar-refractivity contribution in [2.45, 2.75) is 29.4 Å². The molecular formula is C29H27N3O4S. The van der Waals surface area contributed by atoms with Crippen molar-refractivity contribution in [1.82, 2.24) is 15.1 Å². The van der Waals surface area contributed by atoms with E-state index in [2.05, 4.69) is 46.6 Å². The maximum Gasteiger partial charge on any atom is 0.289 e. The highest BCUT2D eigenvalue weighted by atomic mass is 32.2. The highest BCUT2D eigenvalue weighted by Gasteiger charge is 2.41. The van der Waals surface area contributed by atoms with E-state index in [1.54, 1.807) is 6.07 Å². The zero-order valence-corrected chi connectivity index (χ0v) is 21.2. The summed E-state index contributed by atoms with van der Waals surface area (Å²) in [6, 6.07) is 26.2. The number of rotatable bonds is 6. The van der Waals surface area contributed by atoms with Crippen molar-refractivity contribution in [2.24, 2.45) is 0 Å². The molecule has 2 aromatic heterocycles. The number of aromatic nitrogens is 2. The third-order valence-electron chi connectivity index (χ3n) is 6.79. The third-order valence-corrected chi connectivity index (χ3v) is 7.73. The summed E-state index contributed by atoms with van der Waals surface area (Å²) >= 11 is 1.53. The number of amides is 1. The molecule has 0 saturated carbocycles. The number of ether oxygens (including phenoxy) is 2. The van der Waals surface area contributed by atoms with Crippen molar-refractivity contribution in [2.75, 3.05) is 26.3 Å². The molecule has 4 aromatic rings. The van der Waals surface area contributed by atoms with Gasteiger partial charge >= 0.3 is 0 Å². The molecule has 0 radical (unpaired) electrons. The summed E-state index contributed by atoms with van der Waals surface area (Å²) in [5, 5.41) is 9.58. The van der Waals surface area contributed by atoms with Crippen LogP contribution in [0, 0.1) is 0 Å². The predicted molar refractivity (Wildman–Crippen MR) is 141 cm³/mol. The fraction of sp³-hybridized carbons (Fsp3) is 0.276. The summed E-state index contributed by atoms with van der Waals surface area (Å²) in [7, 11) is 0. The van der Waals surface area contributed by atoms with Gasteiger partial charge in [-0.1, -0.05) is 66.4 Å². The molecule has 2 fully saturated rings. The summed E-state index contributed by atoms with van der Waals surface area (Å²) in [6.07, 6.45) is 1.38. The van der Waals surface area contributed by atoms with Gasteiger partial charge in [0.15, 0.2) is 11.5 Å². The zero-order valence-electron chi connectivity index (χ0n) is 20.3. The summed E-state index contributed by atoms with van der Waals surface area (Å²) < 4.78 is 17.4. The van der Waals surface area contributed by atoms with Crippen LogP contribution in [0.5, 0.6) is 0 Å². The molecule has 188 valence electrons. The number of likely N-dealkylation sites (tertiary alicyclic amines) is 1. The van der Waals surface area contributed by atoms with Crippen molar-refractivity contribution >= 4 is 17.7 Å². The molecule has 37 heavy (non-hydrogen) atoms. The first-order valence-electron chi connectivity index (χ1n) is 12.5. The lowest BCUT2D eigenvalue weighted by Crippen LogP contribution is -2.47. The van der Waals surface area contributed by atoms with Gasteiger partial charge in [-0.2, -0.15) is 0 Å². The van der Waals surface area contributed by atoms with Gasteiger partial charge < -0.3 is 18.8 Å². The molecule has 1 amide bonds. The minimum atomic E-state index is -0.496. The Balaban J connectivity index is 1.03. The van der Waals surface area contributed by atoms with Gasteiger partial charge in [0.2, 0.25) is 0 Å². The first-order valence-corrected chi connectivity index (χ1v) is 13.4. The van der Waals surface area contributed by atoms with E-state index in [-0.39, 0.29) is 5.91 Å². The molecule has 2 aromatic carbocycles. The van der Waals surface area contributed by atoms with Gasteiger partial charge in [0.05, 0.1) is 24.7 Å². The minimum Gasteiger partial charge on any atom is -0.455 e. The Morgan fingerprint density at radius 1 is 0.811 bits per heavy atom. The van der Waals surface area contributed by atoms with E-state index in [9.17, 15) is 4.79 Å². The van der Waals surface area contributed by atoms with Crippen LogP contribution in [-0.2, 0) is 15.2 Å². The molecule has 8 heteroatoms. The lowest BCUT2D eigenvalue weighted by atomic mass is 10.0. The van der Waals surface area contributed by atoms with Gasteiger partial charge in [-0.05, 0) is 35.4 Å². The van der Waals surface area contributed by atoms with Crippen molar-refractivity contribution in [3.05, 3.63) is 90.4 Å². The van der Waals surface area contributed by atoms with Crippen LogP contribution in [-0.4, -0.2) is 53.1 Å². The Bertz CT molecular complexity index is 1340. The molecule has 2 aliphatic heterocycles. The number of piperidine rings is 1. The number of nitrogens with zero attached hydrogens (tertiary/aromatic N) is 3. The second-order valence-electron chi connectivity index (χ2n) is 9.15. The van der Waals surface area contributed by atoms with E-state index in [1.807, 2.05) is 41.3 Å². The standard InChI is InChI=1S/C29H27N3O4S/c33-28(32-16-14-29(15-17-32)34-18-19-35-29)26-12-10-24(36-26)20-37-27-13-11-25(30-31-27)23-8-6-22(7-9-23)21-4-2-1-3-5-21/h1-13H,14-20H2. The van der Waals surface area contributed by atoms with Crippen molar-refractivity contribution < 1.29 is 18.7 Å². The quantitative estimate of drug-likeness (QED) is 0.307. The molecule has 7 nitrogen and oxygen atoms in total. The van der Waals surface area contributed by atoms with Crippen LogP contribution in [0.3, 0.4) is 0 Å². The Morgan fingerprint density at radius 2 is 1.51 bits per heavy atom. The van der Waals surface area contributed by atoms with E-state index in [0.717, 1.165) is 22.0 Å². The number of benzene rings is 2. The topological polar surface area (TPSA) is 77.7 Å². The molecule has 0 atom stereocenters. The van der Waals surface area contributed by atoms with Gasteiger partial charge in [-0.15, -0.1) is 10.2 Å². The average Bonchev–Trinajstić information content (AvgIpc) is 3.63. The van der Waals surface area contributed by atoms with Crippen molar-refractivity contribution in [3.8, 4) is 22.4 Å². The highest BCUT2D eigenvalue weighted by Crippen LogP contribution is 2.32. The average molecular weight is 514 g/mol. The van der Waals surface area contributed by atoms with E-state index in [0.29, 0.717) is 50.7 Å². The fourth-order valence-corrected chi connectivity index (χ4v) is 5.43. The molecule has 2 saturated heterocycles. The minimum absolute atomic E-state index is 0.0912. The van der Waals surface area contributed by atoms with Crippen LogP contribution in [0.1, 0.15) is 29.2 Å². The molecule has 4 heterocycles. The van der Waals surface area contributed by atoms with E-state index < -0.39 is 5.79 Å². The molecule has 0 N–H and O–H groups in total. The summed E-state index contributed by atoms with van der Waals surface area (Å²) in [5.41, 5.74) is 4.20. The number of hydrogen-bond acceptors (Lipinski definition) is 7. The number of carbonyl (C=O) groups excluding carboxylic acids is 1. The second-order valence-corrected chi connectivity index (χ2v) is 10.2. The van der Waals surface area contributed by atoms with E-state index in [4.69, 9.17) is 13.9 Å². The monoisotopic (exact) mass is 513 g/mol. The third kappa shape index (κ3) is 5.32. The van der Waals surface area contributed by atoms with Crippen molar-refractivity contribution in [1.29, 1.82) is 0 Å². The van der Waals surface area contributed by atoms with Crippen molar-refractivity contribution in [3.63, 3.8) is 0 Å². The first-order chi connectivity index (χ1) is 18.2. The molecule has 0 unspecified atom stereocenters. The first kappa shape index (κ1) is 23.9. The van der Waals surface area contributed by atoms with Crippen LogP contribution >= 0.6 is 11.8 Å². The molecule has 0 bridgehead atoms. The van der Waals surface area contributed by atoms with Gasteiger partial charge in [0.25, 0.3) is 5.91 Å². The van der Waals surface area contributed by atoms with E-state index in [1.165, 1.54) is 22.9 Å². The molecule has 6 rings (SSSR count). The summed E-state index contributed by atoms with van der Waals surface area (Å²) in [4.78, 5) is 14.7. The van der Waals surface area contributed by atoms with Crippen LogP contribution < -0.4 is 0 Å². The number of hydrogen-bond donors (Lipinski definition) is 0. The summed E-state index contributed by atoms with van der Waals surface area (Å²) in [5.74, 6) is 1.07. The van der Waals surface area contributed by atoms with Crippen LogP contribution in [0.2, 0.25) is 0 Å². The van der Waals surface area contributed by atoms with Gasteiger partial charge in [-0.3, -0.25) is 4.79 Å². The number of furan rings is 1. The molecule has 0 aliphatic carbocycles. The van der Waals surface area contributed by atoms with Crippen LogP contribution in [0.15, 0.2) is 88.3 Å². The molecular weight excluding hydrogens is 486 g/mol. The zero-order chi connectivity index (χ0) is 25.1. The lowest BCUT2D eigenvalue weighted by Gasteiger charge is -2.37. The SMILES string of the molecule is O=C(c1ccc(CSc2ccc(-c3ccc(-c4ccccc4)cc3)nn2)o1)N1CCC2(CC1)OCCO2.